The van der Waals surface area contributed by atoms with E-state index in [9.17, 15) is 13.2 Å². The Bertz CT molecular complexity index is 739. The molecule has 0 bridgehead atoms. The molecule has 0 unspecified atom stereocenters. The van der Waals surface area contributed by atoms with Gasteiger partial charge in [-0.25, -0.2) is 0 Å². The zero-order valence-electron chi connectivity index (χ0n) is 16.0. The maximum Gasteiger partial charge on any atom is 0.282 e. The van der Waals surface area contributed by atoms with Crippen molar-refractivity contribution in [2.24, 2.45) is 0 Å². The van der Waals surface area contributed by atoms with Gasteiger partial charge in [0.25, 0.3) is 10.2 Å². The molecule has 2 aliphatic rings. The highest BCUT2D eigenvalue weighted by Gasteiger charge is 2.34. The fourth-order valence-corrected chi connectivity index (χ4v) is 5.20. The van der Waals surface area contributed by atoms with Crippen molar-refractivity contribution in [1.82, 2.24) is 13.5 Å². The first kappa shape index (κ1) is 20.1. The molecular formula is C19H29N3O4S. The summed E-state index contributed by atoms with van der Waals surface area (Å²) in [6, 6.07) is 7.83. The zero-order valence-corrected chi connectivity index (χ0v) is 16.8. The van der Waals surface area contributed by atoms with Gasteiger partial charge in [-0.1, -0.05) is 18.2 Å². The lowest BCUT2D eigenvalue weighted by Crippen LogP contribution is -2.53. The maximum atomic E-state index is 12.6. The van der Waals surface area contributed by atoms with E-state index in [0.29, 0.717) is 58.7 Å². The highest BCUT2D eigenvalue weighted by molar-refractivity contribution is 7.86. The fourth-order valence-electron chi connectivity index (χ4n) is 3.53. The smallest absolute Gasteiger partial charge is 0.282 e. The molecule has 1 amide bonds. The average molecular weight is 396 g/mol. The van der Waals surface area contributed by atoms with Gasteiger partial charge in [-0.2, -0.15) is 17.0 Å². The number of rotatable bonds is 7. The molecule has 0 saturated carbocycles. The summed E-state index contributed by atoms with van der Waals surface area (Å²) < 4.78 is 33.9. The zero-order chi connectivity index (χ0) is 19.3. The SMILES string of the molecule is Cc1ccccc1OCCCC(=O)N1CCN(S(=O)(=O)N2CCCC2)CC1. The van der Waals surface area contributed by atoms with Gasteiger partial charge in [0, 0.05) is 45.7 Å². The van der Waals surface area contributed by atoms with Crippen molar-refractivity contribution in [3.05, 3.63) is 29.8 Å². The molecule has 1 aromatic rings. The quantitative estimate of drug-likeness (QED) is 0.658. The van der Waals surface area contributed by atoms with Gasteiger partial charge >= 0.3 is 0 Å². The van der Waals surface area contributed by atoms with Crippen molar-refractivity contribution in [1.29, 1.82) is 0 Å². The Morgan fingerprint density at radius 2 is 1.63 bits per heavy atom. The van der Waals surface area contributed by atoms with E-state index in [1.807, 2.05) is 31.2 Å². The minimum atomic E-state index is -3.36. The van der Waals surface area contributed by atoms with E-state index in [1.165, 1.54) is 4.31 Å². The number of carbonyl (C=O) groups is 1. The van der Waals surface area contributed by atoms with E-state index in [0.717, 1.165) is 24.2 Å². The minimum absolute atomic E-state index is 0.0709. The number of para-hydroxylation sites is 1. The van der Waals surface area contributed by atoms with Gasteiger partial charge < -0.3 is 9.64 Å². The molecule has 1 aromatic carbocycles. The lowest BCUT2D eigenvalue weighted by Gasteiger charge is -2.35. The molecule has 2 fully saturated rings. The molecule has 0 radical (unpaired) electrons. The molecule has 0 atom stereocenters. The molecule has 2 heterocycles. The maximum absolute atomic E-state index is 12.6. The van der Waals surface area contributed by atoms with Crippen LogP contribution in [-0.2, 0) is 15.0 Å². The summed E-state index contributed by atoms with van der Waals surface area (Å²) in [5.41, 5.74) is 1.08. The standard InChI is InChI=1S/C19H29N3O4S/c1-17-7-2-3-8-18(17)26-16-6-9-19(23)20-12-14-22(15-13-20)27(24,25)21-10-4-5-11-21/h2-3,7-8H,4-6,9-16H2,1H3. The summed E-state index contributed by atoms with van der Waals surface area (Å²) in [4.78, 5) is 14.1. The number of ether oxygens (including phenoxy) is 1. The second-order valence-corrected chi connectivity index (χ2v) is 9.04. The van der Waals surface area contributed by atoms with Gasteiger partial charge in [0.2, 0.25) is 5.91 Å². The molecule has 2 saturated heterocycles. The Hall–Kier alpha value is -1.64. The van der Waals surface area contributed by atoms with E-state index >= 15 is 0 Å². The van der Waals surface area contributed by atoms with Gasteiger partial charge in [-0.15, -0.1) is 0 Å². The van der Waals surface area contributed by atoms with Crippen LogP contribution in [0.25, 0.3) is 0 Å². The van der Waals surface area contributed by atoms with Gasteiger partial charge in [0.1, 0.15) is 5.75 Å². The van der Waals surface area contributed by atoms with E-state index in [4.69, 9.17) is 4.74 Å². The van der Waals surface area contributed by atoms with Crippen LogP contribution in [0.1, 0.15) is 31.2 Å². The second kappa shape index (κ2) is 9.03. The van der Waals surface area contributed by atoms with Crippen LogP contribution in [0.3, 0.4) is 0 Å². The van der Waals surface area contributed by atoms with Crippen molar-refractivity contribution >= 4 is 16.1 Å². The van der Waals surface area contributed by atoms with E-state index in [2.05, 4.69) is 0 Å². The first-order chi connectivity index (χ1) is 13.0. The van der Waals surface area contributed by atoms with Crippen molar-refractivity contribution in [3.63, 3.8) is 0 Å². The van der Waals surface area contributed by atoms with Gasteiger partial charge in [0.15, 0.2) is 0 Å². The molecule has 0 N–H and O–H groups in total. The number of hydrogen-bond donors (Lipinski definition) is 0. The highest BCUT2D eigenvalue weighted by atomic mass is 32.2. The molecule has 150 valence electrons. The number of amides is 1. The highest BCUT2D eigenvalue weighted by Crippen LogP contribution is 2.19. The number of nitrogens with zero attached hydrogens (tertiary/aromatic N) is 3. The third-order valence-electron chi connectivity index (χ3n) is 5.20. The lowest BCUT2D eigenvalue weighted by atomic mass is 10.2. The fraction of sp³-hybridized carbons (Fsp3) is 0.632. The molecular weight excluding hydrogens is 366 g/mol. The summed E-state index contributed by atoms with van der Waals surface area (Å²) in [6.45, 7) is 5.41. The third kappa shape index (κ3) is 5.00. The summed E-state index contributed by atoms with van der Waals surface area (Å²) in [5.74, 6) is 0.923. The summed E-state index contributed by atoms with van der Waals surface area (Å²) >= 11 is 0. The van der Waals surface area contributed by atoms with E-state index < -0.39 is 10.2 Å². The average Bonchev–Trinajstić information content (AvgIpc) is 3.22. The number of piperazine rings is 1. The molecule has 0 aliphatic carbocycles. The number of aryl methyl sites for hydroxylation is 1. The number of hydrogen-bond acceptors (Lipinski definition) is 4. The van der Waals surface area contributed by atoms with Crippen LogP contribution in [0.4, 0.5) is 0 Å². The Morgan fingerprint density at radius 1 is 1.00 bits per heavy atom. The van der Waals surface area contributed by atoms with Crippen LogP contribution in [0.15, 0.2) is 24.3 Å². The van der Waals surface area contributed by atoms with Crippen LogP contribution >= 0.6 is 0 Å². The Kier molecular flexibility index (Phi) is 6.73. The van der Waals surface area contributed by atoms with Gasteiger partial charge in [-0.05, 0) is 37.8 Å². The molecule has 0 aromatic heterocycles. The van der Waals surface area contributed by atoms with E-state index in [-0.39, 0.29) is 5.91 Å². The summed E-state index contributed by atoms with van der Waals surface area (Å²) in [7, 11) is -3.36. The topological polar surface area (TPSA) is 70.2 Å². The second-order valence-electron chi connectivity index (χ2n) is 7.11. The molecule has 8 heteroatoms. The first-order valence-corrected chi connectivity index (χ1v) is 11.1. The predicted octanol–water partition coefficient (Wildman–Crippen LogP) is 1.64. The van der Waals surface area contributed by atoms with Crippen molar-refractivity contribution in [2.45, 2.75) is 32.6 Å². The largest absolute Gasteiger partial charge is 0.493 e. The number of carbonyl (C=O) groups excluding carboxylic acids is 1. The molecule has 3 rings (SSSR count). The Morgan fingerprint density at radius 3 is 2.30 bits per heavy atom. The van der Waals surface area contributed by atoms with Gasteiger partial charge in [-0.3, -0.25) is 4.79 Å². The normalized spacial score (nSPS) is 19.4. The van der Waals surface area contributed by atoms with Crippen molar-refractivity contribution in [2.75, 3.05) is 45.9 Å². The third-order valence-corrected chi connectivity index (χ3v) is 7.23. The van der Waals surface area contributed by atoms with Gasteiger partial charge in [0.05, 0.1) is 6.61 Å². The number of benzene rings is 1. The first-order valence-electron chi connectivity index (χ1n) is 9.70. The molecule has 2 aliphatic heterocycles. The molecule has 27 heavy (non-hydrogen) atoms. The van der Waals surface area contributed by atoms with Crippen LogP contribution in [0.2, 0.25) is 0 Å². The minimum Gasteiger partial charge on any atom is -0.493 e. The molecule has 7 nitrogen and oxygen atoms in total. The summed E-state index contributed by atoms with van der Waals surface area (Å²) in [6.07, 6.45) is 2.94. The van der Waals surface area contributed by atoms with Crippen molar-refractivity contribution < 1.29 is 17.9 Å². The molecule has 0 spiro atoms. The van der Waals surface area contributed by atoms with E-state index in [1.54, 1.807) is 9.21 Å². The summed E-state index contributed by atoms with van der Waals surface area (Å²) in [5, 5.41) is 0. The lowest BCUT2D eigenvalue weighted by molar-refractivity contribution is -0.132. The predicted molar refractivity (Wildman–Crippen MR) is 104 cm³/mol. The van der Waals surface area contributed by atoms with Crippen molar-refractivity contribution in [3.8, 4) is 5.75 Å². The van der Waals surface area contributed by atoms with Crippen LogP contribution in [0, 0.1) is 6.92 Å². The van der Waals surface area contributed by atoms with Crippen LogP contribution in [-0.4, -0.2) is 73.7 Å². The van der Waals surface area contributed by atoms with Crippen LogP contribution in [0.5, 0.6) is 5.75 Å². The monoisotopic (exact) mass is 395 g/mol. The Balaban J connectivity index is 1.39. The Labute approximate surface area is 162 Å². The van der Waals surface area contributed by atoms with Crippen LogP contribution < -0.4 is 4.74 Å².